The van der Waals surface area contributed by atoms with Crippen molar-refractivity contribution in [3.63, 3.8) is 0 Å². The van der Waals surface area contributed by atoms with Gasteiger partial charge in [-0.15, -0.1) is 0 Å². The summed E-state index contributed by atoms with van der Waals surface area (Å²) in [6, 6.07) is 8.98. The van der Waals surface area contributed by atoms with Gasteiger partial charge in [-0.05, 0) is 42.8 Å². The number of aryl methyl sites for hydroxylation is 1. The number of amides is 1. The summed E-state index contributed by atoms with van der Waals surface area (Å²) in [7, 11) is 0. The zero-order chi connectivity index (χ0) is 14.4. The molecule has 1 amide bonds. The van der Waals surface area contributed by atoms with Crippen LogP contribution in [0.25, 0.3) is 0 Å². The van der Waals surface area contributed by atoms with Crippen LogP contribution in [-0.2, 0) is 4.79 Å². The lowest BCUT2D eigenvalue weighted by Gasteiger charge is -2.06. The molecule has 2 rings (SSSR count). The summed E-state index contributed by atoms with van der Waals surface area (Å²) >= 11 is 3.40. The number of hydrogen-bond donors (Lipinski definition) is 1. The molecule has 0 radical (unpaired) electrons. The van der Waals surface area contributed by atoms with Gasteiger partial charge in [0.15, 0.2) is 6.61 Å². The van der Waals surface area contributed by atoms with E-state index in [1.807, 2.05) is 19.1 Å². The summed E-state index contributed by atoms with van der Waals surface area (Å²) in [6.07, 6.45) is 2.95. The van der Waals surface area contributed by atoms with Gasteiger partial charge in [-0.1, -0.05) is 15.9 Å². The van der Waals surface area contributed by atoms with Gasteiger partial charge in [0, 0.05) is 4.47 Å². The Morgan fingerprint density at radius 1 is 1.50 bits per heavy atom. The summed E-state index contributed by atoms with van der Waals surface area (Å²) < 4.78 is 11.4. The van der Waals surface area contributed by atoms with E-state index in [0.29, 0.717) is 11.5 Å². The number of hydrazone groups is 1. The maximum absolute atomic E-state index is 11.5. The molecule has 0 aliphatic heterocycles. The maximum atomic E-state index is 11.5. The highest BCUT2D eigenvalue weighted by molar-refractivity contribution is 9.10. The topological polar surface area (TPSA) is 63.8 Å². The van der Waals surface area contributed by atoms with Crippen molar-refractivity contribution >= 4 is 28.1 Å². The lowest BCUT2D eigenvalue weighted by atomic mass is 10.2. The first-order valence-corrected chi connectivity index (χ1v) is 6.69. The fraction of sp³-hybridized carbons (Fsp3) is 0.143. The van der Waals surface area contributed by atoms with Crippen LogP contribution in [0, 0.1) is 6.92 Å². The minimum atomic E-state index is -0.339. The number of ether oxygens (including phenoxy) is 1. The van der Waals surface area contributed by atoms with Gasteiger partial charge in [0.05, 0.1) is 12.5 Å². The number of furan rings is 1. The summed E-state index contributed by atoms with van der Waals surface area (Å²) in [5, 5.41) is 3.75. The number of rotatable bonds is 5. The molecule has 6 heteroatoms. The van der Waals surface area contributed by atoms with Gasteiger partial charge in [-0.2, -0.15) is 5.10 Å². The molecule has 1 aromatic heterocycles. The molecule has 0 bridgehead atoms. The van der Waals surface area contributed by atoms with Gasteiger partial charge in [-0.25, -0.2) is 5.43 Å². The Kier molecular flexibility index (Phi) is 4.95. The molecular weight excluding hydrogens is 324 g/mol. The number of carbonyl (C=O) groups is 1. The second-order valence-electron chi connectivity index (χ2n) is 4.01. The zero-order valence-corrected chi connectivity index (χ0v) is 12.4. The van der Waals surface area contributed by atoms with Crippen LogP contribution in [0.1, 0.15) is 11.3 Å². The highest BCUT2D eigenvalue weighted by Gasteiger charge is 2.03. The molecule has 0 unspecified atom stereocenters. The van der Waals surface area contributed by atoms with Gasteiger partial charge < -0.3 is 9.15 Å². The van der Waals surface area contributed by atoms with Crippen molar-refractivity contribution in [3.8, 4) is 5.75 Å². The Balaban J connectivity index is 1.78. The third-order valence-corrected chi connectivity index (χ3v) is 3.31. The Morgan fingerprint density at radius 3 is 3.05 bits per heavy atom. The second kappa shape index (κ2) is 6.91. The molecular formula is C14H13BrN2O3. The molecule has 1 heterocycles. The van der Waals surface area contributed by atoms with Crippen molar-refractivity contribution in [3.05, 3.63) is 52.4 Å². The first-order valence-electron chi connectivity index (χ1n) is 5.89. The molecule has 0 aliphatic carbocycles. The van der Waals surface area contributed by atoms with E-state index in [9.17, 15) is 4.79 Å². The van der Waals surface area contributed by atoms with Crippen molar-refractivity contribution in [2.45, 2.75) is 6.92 Å². The second-order valence-corrected chi connectivity index (χ2v) is 4.86. The zero-order valence-electron chi connectivity index (χ0n) is 10.8. The number of nitrogens with zero attached hydrogens (tertiary/aromatic N) is 1. The first-order chi connectivity index (χ1) is 9.65. The van der Waals surface area contributed by atoms with Crippen molar-refractivity contribution in [2.24, 2.45) is 5.10 Å². The molecule has 0 spiro atoms. The van der Waals surface area contributed by atoms with E-state index in [1.54, 1.807) is 18.2 Å². The van der Waals surface area contributed by atoms with E-state index in [2.05, 4.69) is 26.5 Å². The minimum Gasteiger partial charge on any atom is -0.484 e. The molecule has 20 heavy (non-hydrogen) atoms. The Hall–Kier alpha value is -2.08. The minimum absolute atomic E-state index is 0.101. The molecule has 1 aromatic carbocycles. The van der Waals surface area contributed by atoms with E-state index in [1.165, 1.54) is 12.5 Å². The van der Waals surface area contributed by atoms with Gasteiger partial charge in [0.1, 0.15) is 11.5 Å². The van der Waals surface area contributed by atoms with Crippen LogP contribution in [0.15, 0.2) is 50.6 Å². The van der Waals surface area contributed by atoms with Crippen LogP contribution in [0.4, 0.5) is 0 Å². The molecule has 2 aromatic rings. The number of carbonyl (C=O) groups excluding carboxylic acids is 1. The normalized spacial score (nSPS) is 10.7. The summed E-state index contributed by atoms with van der Waals surface area (Å²) in [4.78, 5) is 11.5. The molecule has 0 atom stereocenters. The maximum Gasteiger partial charge on any atom is 0.277 e. The van der Waals surface area contributed by atoms with Crippen LogP contribution in [0.3, 0.4) is 0 Å². The number of hydrogen-bond acceptors (Lipinski definition) is 4. The van der Waals surface area contributed by atoms with Crippen LogP contribution in [0.2, 0.25) is 0 Å². The lowest BCUT2D eigenvalue weighted by Crippen LogP contribution is -2.24. The summed E-state index contributed by atoms with van der Waals surface area (Å²) in [6.45, 7) is 1.85. The smallest absolute Gasteiger partial charge is 0.277 e. The Bertz CT molecular complexity index is 609. The average molecular weight is 337 g/mol. The molecule has 0 aliphatic rings. The van der Waals surface area contributed by atoms with Crippen LogP contribution >= 0.6 is 15.9 Å². The van der Waals surface area contributed by atoms with Gasteiger partial charge in [0.25, 0.3) is 5.91 Å². The van der Waals surface area contributed by atoms with Crippen molar-refractivity contribution in [2.75, 3.05) is 6.61 Å². The highest BCUT2D eigenvalue weighted by Crippen LogP contribution is 2.21. The van der Waals surface area contributed by atoms with Crippen LogP contribution < -0.4 is 10.2 Å². The predicted molar refractivity (Wildman–Crippen MR) is 78.8 cm³/mol. The van der Waals surface area contributed by atoms with Crippen molar-refractivity contribution < 1.29 is 13.9 Å². The Labute approximate surface area is 124 Å². The molecule has 1 N–H and O–H groups in total. The molecule has 0 saturated heterocycles. The average Bonchev–Trinajstić information content (AvgIpc) is 2.93. The number of nitrogens with one attached hydrogen (secondary N) is 1. The number of halogens is 1. The summed E-state index contributed by atoms with van der Waals surface area (Å²) in [5.41, 5.74) is 3.39. The molecule has 0 fully saturated rings. The van der Waals surface area contributed by atoms with E-state index >= 15 is 0 Å². The first kappa shape index (κ1) is 14.3. The largest absolute Gasteiger partial charge is 0.484 e. The van der Waals surface area contributed by atoms with E-state index in [-0.39, 0.29) is 12.5 Å². The van der Waals surface area contributed by atoms with E-state index < -0.39 is 0 Å². The van der Waals surface area contributed by atoms with Gasteiger partial charge in [0.2, 0.25) is 0 Å². The number of benzene rings is 1. The fourth-order valence-electron chi connectivity index (χ4n) is 1.42. The van der Waals surface area contributed by atoms with E-state index in [0.717, 1.165) is 10.0 Å². The van der Waals surface area contributed by atoms with Crippen LogP contribution in [-0.4, -0.2) is 18.7 Å². The van der Waals surface area contributed by atoms with E-state index in [4.69, 9.17) is 9.15 Å². The third-order valence-electron chi connectivity index (χ3n) is 2.42. The predicted octanol–water partition coefficient (Wildman–Crippen LogP) is 2.88. The third kappa shape index (κ3) is 4.24. The van der Waals surface area contributed by atoms with Gasteiger partial charge >= 0.3 is 0 Å². The molecule has 0 saturated carbocycles. The summed E-state index contributed by atoms with van der Waals surface area (Å²) in [5.74, 6) is 0.860. The van der Waals surface area contributed by atoms with Crippen molar-refractivity contribution in [1.82, 2.24) is 5.43 Å². The van der Waals surface area contributed by atoms with Gasteiger partial charge in [-0.3, -0.25) is 4.79 Å². The molecule has 5 nitrogen and oxygen atoms in total. The molecule has 104 valence electrons. The van der Waals surface area contributed by atoms with Crippen molar-refractivity contribution in [1.29, 1.82) is 0 Å². The quantitative estimate of drug-likeness (QED) is 0.674. The monoisotopic (exact) mass is 336 g/mol. The highest BCUT2D eigenvalue weighted by atomic mass is 79.9. The van der Waals surface area contributed by atoms with Crippen LogP contribution in [0.5, 0.6) is 5.75 Å². The SMILES string of the molecule is Cc1cc(OCC(=O)NN=Cc2ccco2)ccc1Br. The fourth-order valence-corrected chi connectivity index (χ4v) is 1.67. The Morgan fingerprint density at radius 2 is 2.35 bits per heavy atom. The standard InChI is InChI=1S/C14H13BrN2O3/c1-10-7-11(4-5-13(10)15)20-9-14(18)17-16-8-12-3-2-6-19-12/h2-8H,9H2,1H3,(H,17,18). The lowest BCUT2D eigenvalue weighted by molar-refractivity contribution is -0.123.